The molecule has 0 aromatic rings. The number of ether oxygens (including phenoxy) is 1. The summed E-state index contributed by atoms with van der Waals surface area (Å²) in [6.07, 6.45) is 1.24. The van der Waals surface area contributed by atoms with Gasteiger partial charge < -0.3 is 4.74 Å². The zero-order chi connectivity index (χ0) is 5.70. The minimum Gasteiger partial charge on any atom is -0.379 e. The lowest BCUT2D eigenvalue weighted by atomic mass is 10.4. The molecule has 0 rings (SSSR count). The first-order valence-corrected chi connectivity index (χ1v) is 2.68. The maximum Gasteiger partial charge on any atom is 0.0518 e. The fourth-order valence-electron chi connectivity index (χ4n) is 0.319. The number of rotatable bonds is 3. The molecular formula is C6H13O. The largest absolute Gasteiger partial charge is 0.379 e. The van der Waals surface area contributed by atoms with E-state index in [0.29, 0.717) is 6.10 Å². The SMILES string of the molecule is [CH2]CCOC(C)C. The van der Waals surface area contributed by atoms with Gasteiger partial charge in [0, 0.05) is 6.61 Å². The first-order valence-electron chi connectivity index (χ1n) is 2.68. The van der Waals surface area contributed by atoms with E-state index in [1.807, 2.05) is 13.8 Å². The van der Waals surface area contributed by atoms with Gasteiger partial charge in [0.2, 0.25) is 0 Å². The van der Waals surface area contributed by atoms with Crippen LogP contribution in [0.3, 0.4) is 0 Å². The third-order valence-electron chi connectivity index (χ3n) is 0.596. The smallest absolute Gasteiger partial charge is 0.0518 e. The summed E-state index contributed by atoms with van der Waals surface area (Å²) < 4.78 is 5.13. The molecule has 0 N–H and O–H groups in total. The first kappa shape index (κ1) is 6.96. The van der Waals surface area contributed by atoms with Gasteiger partial charge in [-0.1, -0.05) is 6.92 Å². The lowest BCUT2D eigenvalue weighted by molar-refractivity contribution is 0.0823. The average Bonchev–Trinajstić information content (AvgIpc) is 1.61. The van der Waals surface area contributed by atoms with Crippen LogP contribution in [0.2, 0.25) is 0 Å². The Kier molecular flexibility index (Phi) is 4.10. The second kappa shape index (κ2) is 4.13. The van der Waals surface area contributed by atoms with Crippen LogP contribution >= 0.6 is 0 Å². The first-order chi connectivity index (χ1) is 3.27. The minimum atomic E-state index is 0.363. The highest BCUT2D eigenvalue weighted by Gasteiger charge is 1.87. The van der Waals surface area contributed by atoms with Gasteiger partial charge in [0.05, 0.1) is 6.10 Å². The van der Waals surface area contributed by atoms with E-state index >= 15 is 0 Å². The van der Waals surface area contributed by atoms with E-state index in [9.17, 15) is 0 Å². The third kappa shape index (κ3) is 5.96. The Hall–Kier alpha value is -0.0400. The second-order valence-electron chi connectivity index (χ2n) is 1.77. The Bertz CT molecular complexity index is 33.2. The Morgan fingerprint density at radius 1 is 1.57 bits per heavy atom. The van der Waals surface area contributed by atoms with Crippen LogP contribution in [-0.2, 0) is 4.74 Å². The molecule has 7 heavy (non-hydrogen) atoms. The molecule has 0 saturated heterocycles. The molecule has 0 heterocycles. The van der Waals surface area contributed by atoms with E-state index in [4.69, 9.17) is 4.74 Å². The Morgan fingerprint density at radius 2 is 2.14 bits per heavy atom. The van der Waals surface area contributed by atoms with Crippen molar-refractivity contribution in [3.05, 3.63) is 6.92 Å². The maximum atomic E-state index is 5.13. The topological polar surface area (TPSA) is 9.23 Å². The fourth-order valence-corrected chi connectivity index (χ4v) is 0.319. The molecule has 1 radical (unpaired) electrons. The second-order valence-corrected chi connectivity index (χ2v) is 1.77. The number of hydrogen-bond donors (Lipinski definition) is 0. The zero-order valence-electron chi connectivity index (χ0n) is 5.11. The van der Waals surface area contributed by atoms with Gasteiger partial charge in [-0.2, -0.15) is 0 Å². The van der Waals surface area contributed by atoms with E-state index in [1.54, 1.807) is 0 Å². The Balaban J connectivity index is 2.68. The van der Waals surface area contributed by atoms with Crippen LogP contribution < -0.4 is 0 Å². The highest BCUT2D eigenvalue weighted by molar-refractivity contribution is 4.39. The molecule has 0 aliphatic carbocycles. The van der Waals surface area contributed by atoms with E-state index in [-0.39, 0.29) is 0 Å². The van der Waals surface area contributed by atoms with Crippen molar-refractivity contribution in [1.82, 2.24) is 0 Å². The van der Waals surface area contributed by atoms with Crippen molar-refractivity contribution in [3.63, 3.8) is 0 Å². The molecule has 0 aliphatic heterocycles. The molecule has 0 aliphatic rings. The molecule has 0 fully saturated rings. The van der Waals surface area contributed by atoms with Crippen LogP contribution in [0.1, 0.15) is 20.3 Å². The molecule has 0 aromatic heterocycles. The molecule has 0 spiro atoms. The molecule has 0 amide bonds. The summed E-state index contributed by atoms with van der Waals surface area (Å²) in [5.41, 5.74) is 0. The summed E-state index contributed by atoms with van der Waals surface area (Å²) in [6, 6.07) is 0. The van der Waals surface area contributed by atoms with Gasteiger partial charge in [0.25, 0.3) is 0 Å². The standard InChI is InChI=1S/C6H13O/c1-4-5-7-6(2)3/h6H,1,4-5H2,2-3H3. The van der Waals surface area contributed by atoms with Crippen LogP contribution in [0.25, 0.3) is 0 Å². The monoisotopic (exact) mass is 101 g/mol. The molecule has 0 aromatic carbocycles. The summed E-state index contributed by atoms with van der Waals surface area (Å²) >= 11 is 0. The van der Waals surface area contributed by atoms with Gasteiger partial charge >= 0.3 is 0 Å². The van der Waals surface area contributed by atoms with Crippen LogP contribution in [-0.4, -0.2) is 12.7 Å². The van der Waals surface area contributed by atoms with E-state index in [2.05, 4.69) is 6.92 Å². The van der Waals surface area contributed by atoms with Crippen LogP contribution in [0.4, 0.5) is 0 Å². The fraction of sp³-hybridized carbons (Fsp3) is 0.833. The summed E-state index contributed by atoms with van der Waals surface area (Å²) in [5.74, 6) is 0. The van der Waals surface area contributed by atoms with Crippen molar-refractivity contribution in [2.45, 2.75) is 26.4 Å². The molecular weight excluding hydrogens is 88.1 g/mol. The third-order valence-corrected chi connectivity index (χ3v) is 0.596. The quantitative estimate of drug-likeness (QED) is 0.525. The summed E-state index contributed by atoms with van der Waals surface area (Å²) in [6.45, 7) is 8.47. The lowest BCUT2D eigenvalue weighted by Gasteiger charge is -2.02. The van der Waals surface area contributed by atoms with Crippen molar-refractivity contribution in [1.29, 1.82) is 0 Å². The highest BCUT2D eigenvalue weighted by atomic mass is 16.5. The van der Waals surface area contributed by atoms with Gasteiger partial charge in [-0.05, 0) is 20.3 Å². The normalized spacial score (nSPS) is 10.3. The van der Waals surface area contributed by atoms with E-state index < -0.39 is 0 Å². The van der Waals surface area contributed by atoms with Gasteiger partial charge in [0.1, 0.15) is 0 Å². The van der Waals surface area contributed by atoms with Gasteiger partial charge in [-0.25, -0.2) is 0 Å². The van der Waals surface area contributed by atoms with Crippen molar-refractivity contribution < 1.29 is 4.74 Å². The van der Waals surface area contributed by atoms with Crippen molar-refractivity contribution in [2.75, 3.05) is 6.61 Å². The molecule has 0 atom stereocenters. The average molecular weight is 101 g/mol. The molecule has 1 heteroatoms. The van der Waals surface area contributed by atoms with Crippen molar-refractivity contribution in [3.8, 4) is 0 Å². The molecule has 43 valence electrons. The van der Waals surface area contributed by atoms with Crippen LogP contribution in [0.15, 0.2) is 0 Å². The Labute approximate surface area is 45.7 Å². The minimum absolute atomic E-state index is 0.363. The predicted octanol–water partition coefficient (Wildman–Crippen LogP) is 1.64. The lowest BCUT2D eigenvalue weighted by Crippen LogP contribution is -2.02. The van der Waals surface area contributed by atoms with Gasteiger partial charge in [-0.15, -0.1) is 0 Å². The molecule has 1 nitrogen and oxygen atoms in total. The van der Waals surface area contributed by atoms with Crippen LogP contribution in [0.5, 0.6) is 0 Å². The van der Waals surface area contributed by atoms with Gasteiger partial charge in [-0.3, -0.25) is 0 Å². The molecule has 0 unspecified atom stereocenters. The zero-order valence-corrected chi connectivity index (χ0v) is 5.11. The van der Waals surface area contributed by atoms with Gasteiger partial charge in [0.15, 0.2) is 0 Å². The number of hydrogen-bond acceptors (Lipinski definition) is 1. The predicted molar refractivity (Wildman–Crippen MR) is 31.1 cm³/mol. The van der Waals surface area contributed by atoms with Crippen molar-refractivity contribution in [2.24, 2.45) is 0 Å². The summed E-state index contributed by atoms with van der Waals surface area (Å²) in [7, 11) is 0. The Morgan fingerprint density at radius 3 is 2.29 bits per heavy atom. The van der Waals surface area contributed by atoms with E-state index in [0.717, 1.165) is 13.0 Å². The van der Waals surface area contributed by atoms with Crippen LogP contribution in [0, 0.1) is 6.92 Å². The maximum absolute atomic E-state index is 5.13. The summed E-state index contributed by atoms with van der Waals surface area (Å²) in [5, 5.41) is 0. The molecule has 0 bridgehead atoms. The van der Waals surface area contributed by atoms with E-state index in [1.165, 1.54) is 0 Å². The highest BCUT2D eigenvalue weighted by Crippen LogP contribution is 1.87. The van der Waals surface area contributed by atoms with Crippen molar-refractivity contribution >= 4 is 0 Å². The molecule has 0 saturated carbocycles. The summed E-state index contributed by atoms with van der Waals surface area (Å²) in [4.78, 5) is 0.